The highest BCUT2D eigenvalue weighted by Gasteiger charge is 1.95. The van der Waals surface area contributed by atoms with Gasteiger partial charge in [0.1, 0.15) is 0 Å². The Morgan fingerprint density at radius 3 is 2.92 bits per heavy atom. The summed E-state index contributed by atoms with van der Waals surface area (Å²) in [5, 5.41) is 7.67. The van der Waals surface area contributed by atoms with Gasteiger partial charge in [-0.05, 0) is 26.0 Å². The first-order valence-corrected chi connectivity index (χ1v) is 4.59. The van der Waals surface area contributed by atoms with Gasteiger partial charge < -0.3 is 5.32 Å². The first-order valence-electron chi connectivity index (χ1n) is 4.59. The number of hydrogen-bond donors (Lipinski definition) is 1. The molecule has 1 rings (SSSR count). The van der Waals surface area contributed by atoms with Gasteiger partial charge in [-0.1, -0.05) is 6.92 Å². The molecule has 1 N–H and O–H groups in total. The summed E-state index contributed by atoms with van der Waals surface area (Å²) in [5.74, 6) is 0. The third-order valence-electron chi connectivity index (χ3n) is 1.75. The van der Waals surface area contributed by atoms with Crippen molar-refractivity contribution in [2.24, 2.45) is 0 Å². The van der Waals surface area contributed by atoms with Crippen LogP contribution in [0.5, 0.6) is 0 Å². The van der Waals surface area contributed by atoms with Crippen molar-refractivity contribution in [1.82, 2.24) is 15.1 Å². The van der Waals surface area contributed by atoms with Gasteiger partial charge in [0, 0.05) is 19.3 Å². The summed E-state index contributed by atoms with van der Waals surface area (Å²) in [4.78, 5) is 0. The third kappa shape index (κ3) is 2.66. The van der Waals surface area contributed by atoms with Crippen LogP contribution < -0.4 is 5.32 Å². The monoisotopic (exact) mass is 167 g/mol. The largest absolute Gasteiger partial charge is 0.311 e. The highest BCUT2D eigenvalue weighted by Crippen LogP contribution is 1.94. The number of nitrogens with zero attached hydrogens (tertiary/aromatic N) is 2. The van der Waals surface area contributed by atoms with E-state index in [1.807, 2.05) is 10.9 Å². The van der Waals surface area contributed by atoms with E-state index in [0.717, 1.165) is 25.3 Å². The second kappa shape index (κ2) is 4.93. The van der Waals surface area contributed by atoms with Gasteiger partial charge in [-0.25, -0.2) is 0 Å². The van der Waals surface area contributed by atoms with E-state index in [2.05, 4.69) is 30.3 Å². The minimum absolute atomic E-state index is 0.890. The fraction of sp³-hybridized carbons (Fsp3) is 0.667. The maximum Gasteiger partial charge on any atom is 0.0762 e. The Kier molecular flexibility index (Phi) is 3.80. The Bertz CT molecular complexity index is 217. The lowest BCUT2D eigenvalue weighted by atomic mass is 10.4. The van der Waals surface area contributed by atoms with Crippen molar-refractivity contribution < 1.29 is 0 Å². The van der Waals surface area contributed by atoms with Crippen LogP contribution in [-0.4, -0.2) is 16.3 Å². The van der Waals surface area contributed by atoms with Gasteiger partial charge in [-0.3, -0.25) is 4.68 Å². The molecule has 0 aliphatic rings. The third-order valence-corrected chi connectivity index (χ3v) is 1.75. The van der Waals surface area contributed by atoms with Crippen molar-refractivity contribution in [1.29, 1.82) is 0 Å². The molecule has 1 aromatic rings. The highest BCUT2D eigenvalue weighted by molar-refractivity contribution is 4.98. The van der Waals surface area contributed by atoms with Crippen LogP contribution in [-0.2, 0) is 13.1 Å². The number of aryl methyl sites for hydroxylation is 1. The van der Waals surface area contributed by atoms with Gasteiger partial charge in [0.15, 0.2) is 0 Å². The molecule has 3 nitrogen and oxygen atoms in total. The number of aromatic nitrogens is 2. The summed E-state index contributed by atoms with van der Waals surface area (Å²) in [5.41, 5.74) is 1.13. The molecule has 12 heavy (non-hydrogen) atoms. The Balaban J connectivity index is 2.31. The molecule has 0 fully saturated rings. The summed E-state index contributed by atoms with van der Waals surface area (Å²) in [6.07, 6.45) is 3.19. The summed E-state index contributed by atoms with van der Waals surface area (Å²) in [6.45, 7) is 7.17. The fourth-order valence-corrected chi connectivity index (χ4v) is 1.07. The van der Waals surface area contributed by atoms with Gasteiger partial charge in [0.2, 0.25) is 0 Å². The molecule has 0 amide bonds. The first-order chi connectivity index (χ1) is 5.86. The molecular weight excluding hydrogens is 150 g/mol. The van der Waals surface area contributed by atoms with Crippen LogP contribution in [0.4, 0.5) is 0 Å². The van der Waals surface area contributed by atoms with E-state index in [9.17, 15) is 0 Å². The minimum atomic E-state index is 0.890. The summed E-state index contributed by atoms with van der Waals surface area (Å²) < 4.78 is 1.95. The Morgan fingerprint density at radius 1 is 1.50 bits per heavy atom. The topological polar surface area (TPSA) is 29.9 Å². The smallest absolute Gasteiger partial charge is 0.0762 e. The number of hydrogen-bond acceptors (Lipinski definition) is 2. The summed E-state index contributed by atoms with van der Waals surface area (Å²) in [6, 6.07) is 2.06. The van der Waals surface area contributed by atoms with Gasteiger partial charge in [-0.15, -0.1) is 0 Å². The van der Waals surface area contributed by atoms with Gasteiger partial charge >= 0.3 is 0 Å². The molecule has 0 bridgehead atoms. The number of nitrogens with one attached hydrogen (secondary N) is 1. The van der Waals surface area contributed by atoms with Gasteiger partial charge in [0.05, 0.1) is 5.69 Å². The Morgan fingerprint density at radius 2 is 2.33 bits per heavy atom. The Labute approximate surface area is 73.8 Å². The molecule has 0 aliphatic heterocycles. The van der Waals surface area contributed by atoms with E-state index in [1.54, 1.807) is 0 Å². The van der Waals surface area contributed by atoms with Crippen molar-refractivity contribution in [3.8, 4) is 0 Å². The molecule has 0 spiro atoms. The van der Waals surface area contributed by atoms with E-state index in [-0.39, 0.29) is 0 Å². The molecule has 1 heterocycles. The lowest BCUT2D eigenvalue weighted by Gasteiger charge is -1.98. The van der Waals surface area contributed by atoms with E-state index < -0.39 is 0 Å². The maximum atomic E-state index is 4.35. The number of rotatable bonds is 5. The average molecular weight is 167 g/mol. The van der Waals surface area contributed by atoms with Crippen LogP contribution in [0, 0.1) is 0 Å². The highest BCUT2D eigenvalue weighted by atomic mass is 15.3. The van der Waals surface area contributed by atoms with E-state index in [0.29, 0.717) is 0 Å². The Hall–Kier alpha value is -0.830. The zero-order valence-electron chi connectivity index (χ0n) is 7.88. The molecule has 0 radical (unpaired) electrons. The van der Waals surface area contributed by atoms with Crippen LogP contribution in [0.3, 0.4) is 0 Å². The molecule has 0 unspecified atom stereocenters. The predicted molar refractivity (Wildman–Crippen MR) is 49.9 cm³/mol. The van der Waals surface area contributed by atoms with E-state index in [1.165, 1.54) is 6.42 Å². The molecule has 1 aromatic heterocycles. The van der Waals surface area contributed by atoms with Crippen LogP contribution in [0.25, 0.3) is 0 Å². The van der Waals surface area contributed by atoms with Gasteiger partial charge in [0.25, 0.3) is 0 Å². The molecule has 3 heteroatoms. The van der Waals surface area contributed by atoms with Crippen LogP contribution >= 0.6 is 0 Å². The molecular formula is C9H17N3. The normalized spacial score (nSPS) is 10.5. The zero-order chi connectivity index (χ0) is 8.81. The molecule has 0 aromatic carbocycles. The van der Waals surface area contributed by atoms with Crippen molar-refractivity contribution >= 4 is 0 Å². The average Bonchev–Trinajstić information content (AvgIpc) is 2.53. The molecule has 0 aliphatic carbocycles. The lowest BCUT2D eigenvalue weighted by Crippen LogP contribution is -2.14. The van der Waals surface area contributed by atoms with Crippen molar-refractivity contribution in [3.05, 3.63) is 18.0 Å². The van der Waals surface area contributed by atoms with Crippen molar-refractivity contribution in [2.75, 3.05) is 6.54 Å². The van der Waals surface area contributed by atoms with Crippen LogP contribution in [0.15, 0.2) is 12.3 Å². The van der Waals surface area contributed by atoms with Crippen molar-refractivity contribution in [3.63, 3.8) is 0 Å². The van der Waals surface area contributed by atoms with Crippen molar-refractivity contribution in [2.45, 2.75) is 33.4 Å². The van der Waals surface area contributed by atoms with E-state index >= 15 is 0 Å². The standard InChI is InChI=1S/C9H17N3/c1-3-6-10-8-9-5-7-12(4-2)11-9/h5,7,10H,3-4,6,8H2,1-2H3. The van der Waals surface area contributed by atoms with Crippen LogP contribution in [0.2, 0.25) is 0 Å². The van der Waals surface area contributed by atoms with E-state index in [4.69, 9.17) is 0 Å². The minimum Gasteiger partial charge on any atom is -0.311 e. The van der Waals surface area contributed by atoms with Gasteiger partial charge in [-0.2, -0.15) is 5.10 Å². The van der Waals surface area contributed by atoms with Crippen LogP contribution in [0.1, 0.15) is 26.0 Å². The molecule has 0 atom stereocenters. The summed E-state index contributed by atoms with van der Waals surface area (Å²) >= 11 is 0. The second-order valence-corrected chi connectivity index (χ2v) is 2.84. The zero-order valence-corrected chi connectivity index (χ0v) is 7.88. The first kappa shape index (κ1) is 9.26. The lowest BCUT2D eigenvalue weighted by molar-refractivity contribution is 0.616. The maximum absolute atomic E-state index is 4.35. The quantitative estimate of drug-likeness (QED) is 0.672. The molecule has 0 saturated carbocycles. The molecule has 0 saturated heterocycles. The fourth-order valence-electron chi connectivity index (χ4n) is 1.07. The predicted octanol–water partition coefficient (Wildman–Crippen LogP) is 1.40. The SMILES string of the molecule is CCCNCc1ccn(CC)n1. The second-order valence-electron chi connectivity index (χ2n) is 2.84. The summed E-state index contributed by atoms with van der Waals surface area (Å²) in [7, 11) is 0. The molecule has 68 valence electrons.